The molecule has 0 radical (unpaired) electrons. The Morgan fingerprint density at radius 2 is 1.76 bits per heavy atom. The summed E-state index contributed by atoms with van der Waals surface area (Å²) in [7, 11) is 0. The molecule has 0 aromatic heterocycles. The van der Waals surface area contributed by atoms with Gasteiger partial charge in [0.1, 0.15) is 0 Å². The van der Waals surface area contributed by atoms with E-state index in [-0.39, 0.29) is 5.91 Å². The molecule has 1 aliphatic carbocycles. The van der Waals surface area contributed by atoms with Gasteiger partial charge in [-0.3, -0.25) is 4.79 Å². The van der Waals surface area contributed by atoms with E-state index in [1.54, 1.807) is 0 Å². The number of hydrogen-bond donors (Lipinski definition) is 3. The monoisotopic (exact) mass is 242 g/mol. The van der Waals surface area contributed by atoms with Crippen LogP contribution < -0.4 is 11.1 Å². The maximum atomic E-state index is 12.1. The zero-order valence-electron chi connectivity index (χ0n) is 11.5. The standard InChI is InChI=1S/C13H26N2O2/c1-11(2,12(3,4)14)10(16)15-9-13(17)7-5-6-8-13/h17H,5-9,14H2,1-4H3,(H,15,16). The molecular weight excluding hydrogens is 216 g/mol. The fraction of sp³-hybridized carbons (Fsp3) is 0.923. The molecule has 17 heavy (non-hydrogen) atoms. The summed E-state index contributed by atoms with van der Waals surface area (Å²) in [4.78, 5) is 12.1. The number of rotatable bonds is 4. The average Bonchev–Trinajstić information content (AvgIpc) is 2.60. The third-order valence-electron chi connectivity index (χ3n) is 4.29. The van der Waals surface area contributed by atoms with Crippen LogP contribution in [0, 0.1) is 5.41 Å². The number of amides is 1. The van der Waals surface area contributed by atoms with Gasteiger partial charge < -0.3 is 16.2 Å². The van der Waals surface area contributed by atoms with Crippen molar-refractivity contribution in [1.29, 1.82) is 0 Å². The molecule has 1 aliphatic rings. The molecule has 0 atom stereocenters. The SMILES string of the molecule is CC(C)(N)C(C)(C)C(=O)NCC1(O)CCCC1. The van der Waals surface area contributed by atoms with E-state index in [9.17, 15) is 9.90 Å². The van der Waals surface area contributed by atoms with Crippen LogP contribution in [0.15, 0.2) is 0 Å². The van der Waals surface area contributed by atoms with Crippen molar-refractivity contribution in [3.63, 3.8) is 0 Å². The van der Waals surface area contributed by atoms with Gasteiger partial charge in [0.15, 0.2) is 0 Å². The van der Waals surface area contributed by atoms with Gasteiger partial charge >= 0.3 is 0 Å². The normalized spacial score (nSPS) is 20.4. The first-order valence-electron chi connectivity index (χ1n) is 6.38. The van der Waals surface area contributed by atoms with Gasteiger partial charge in [0.2, 0.25) is 5.91 Å². The van der Waals surface area contributed by atoms with Gasteiger partial charge in [0.05, 0.1) is 11.0 Å². The second-order valence-electron chi connectivity index (χ2n) is 6.46. The Labute approximate surface area is 104 Å². The molecule has 0 aromatic carbocycles. The highest BCUT2D eigenvalue weighted by Gasteiger charge is 2.41. The molecule has 1 amide bonds. The van der Waals surface area contributed by atoms with Crippen molar-refractivity contribution >= 4 is 5.91 Å². The van der Waals surface area contributed by atoms with Crippen molar-refractivity contribution in [3.05, 3.63) is 0 Å². The van der Waals surface area contributed by atoms with E-state index in [0.29, 0.717) is 6.54 Å². The predicted octanol–water partition coefficient (Wildman–Crippen LogP) is 1.17. The van der Waals surface area contributed by atoms with Crippen LogP contribution in [0.5, 0.6) is 0 Å². The van der Waals surface area contributed by atoms with Crippen LogP contribution in [0.4, 0.5) is 0 Å². The van der Waals surface area contributed by atoms with Crippen molar-refractivity contribution < 1.29 is 9.90 Å². The van der Waals surface area contributed by atoms with Crippen LogP contribution in [0.1, 0.15) is 53.4 Å². The molecule has 1 rings (SSSR count). The minimum atomic E-state index is -0.704. The van der Waals surface area contributed by atoms with E-state index in [2.05, 4.69) is 5.32 Å². The van der Waals surface area contributed by atoms with Crippen LogP contribution >= 0.6 is 0 Å². The van der Waals surface area contributed by atoms with E-state index < -0.39 is 16.6 Å². The summed E-state index contributed by atoms with van der Waals surface area (Å²) < 4.78 is 0. The van der Waals surface area contributed by atoms with Crippen molar-refractivity contribution in [1.82, 2.24) is 5.32 Å². The number of carbonyl (C=O) groups excluding carboxylic acids is 1. The van der Waals surface area contributed by atoms with E-state index >= 15 is 0 Å². The summed E-state index contributed by atoms with van der Waals surface area (Å²) in [5.41, 5.74) is 4.06. The summed E-state index contributed by atoms with van der Waals surface area (Å²) in [6.07, 6.45) is 3.63. The quantitative estimate of drug-likeness (QED) is 0.692. The van der Waals surface area contributed by atoms with Gasteiger partial charge in [0.25, 0.3) is 0 Å². The number of nitrogens with one attached hydrogen (secondary N) is 1. The molecule has 4 heteroatoms. The van der Waals surface area contributed by atoms with Crippen molar-refractivity contribution in [2.45, 2.75) is 64.5 Å². The van der Waals surface area contributed by atoms with Crippen LogP contribution in [0.2, 0.25) is 0 Å². The van der Waals surface area contributed by atoms with Gasteiger partial charge in [0, 0.05) is 12.1 Å². The molecule has 0 unspecified atom stereocenters. The number of carbonyl (C=O) groups is 1. The van der Waals surface area contributed by atoms with Crippen LogP contribution in [-0.4, -0.2) is 28.7 Å². The smallest absolute Gasteiger partial charge is 0.227 e. The van der Waals surface area contributed by atoms with Crippen LogP contribution in [-0.2, 0) is 4.79 Å². The highest BCUT2D eigenvalue weighted by molar-refractivity contribution is 5.83. The van der Waals surface area contributed by atoms with Crippen LogP contribution in [0.3, 0.4) is 0 Å². The number of aliphatic hydroxyl groups is 1. The van der Waals surface area contributed by atoms with Gasteiger partial charge in [-0.25, -0.2) is 0 Å². The average molecular weight is 242 g/mol. The second kappa shape index (κ2) is 4.58. The molecule has 0 saturated heterocycles. The highest BCUT2D eigenvalue weighted by Crippen LogP contribution is 2.31. The van der Waals surface area contributed by atoms with Crippen LogP contribution in [0.25, 0.3) is 0 Å². The Hall–Kier alpha value is -0.610. The molecule has 4 nitrogen and oxygen atoms in total. The second-order valence-corrected chi connectivity index (χ2v) is 6.46. The van der Waals surface area contributed by atoms with E-state index in [1.807, 2.05) is 27.7 Å². The van der Waals surface area contributed by atoms with Gasteiger partial charge in [-0.1, -0.05) is 12.8 Å². The molecule has 0 aromatic rings. The van der Waals surface area contributed by atoms with Crippen molar-refractivity contribution in [3.8, 4) is 0 Å². The molecule has 0 aliphatic heterocycles. The Bertz CT molecular complexity index is 286. The number of hydrogen-bond acceptors (Lipinski definition) is 3. The van der Waals surface area contributed by atoms with Crippen molar-refractivity contribution in [2.75, 3.05) is 6.54 Å². The fourth-order valence-electron chi connectivity index (χ4n) is 1.97. The molecule has 1 fully saturated rings. The molecule has 4 N–H and O–H groups in total. The first kappa shape index (κ1) is 14.5. The third-order valence-corrected chi connectivity index (χ3v) is 4.29. The highest BCUT2D eigenvalue weighted by atomic mass is 16.3. The summed E-state index contributed by atoms with van der Waals surface area (Å²) in [6.45, 7) is 7.70. The lowest BCUT2D eigenvalue weighted by atomic mass is 9.74. The lowest BCUT2D eigenvalue weighted by Gasteiger charge is -2.37. The summed E-state index contributed by atoms with van der Waals surface area (Å²) in [5, 5.41) is 13.0. The van der Waals surface area contributed by atoms with Crippen molar-refractivity contribution in [2.24, 2.45) is 11.1 Å². The first-order valence-corrected chi connectivity index (χ1v) is 6.38. The third kappa shape index (κ3) is 3.19. The Kier molecular flexibility index (Phi) is 3.89. The zero-order chi connectivity index (χ0) is 13.3. The lowest BCUT2D eigenvalue weighted by molar-refractivity contribution is -0.133. The summed E-state index contributed by atoms with van der Waals surface area (Å²) in [6, 6.07) is 0. The van der Waals surface area contributed by atoms with Gasteiger partial charge in [-0.15, -0.1) is 0 Å². The minimum absolute atomic E-state index is 0.0923. The van der Waals surface area contributed by atoms with Gasteiger partial charge in [-0.05, 0) is 40.5 Å². The Morgan fingerprint density at radius 3 is 2.18 bits per heavy atom. The molecule has 0 bridgehead atoms. The molecule has 100 valence electrons. The minimum Gasteiger partial charge on any atom is -0.388 e. The van der Waals surface area contributed by atoms with E-state index in [1.165, 1.54) is 0 Å². The van der Waals surface area contributed by atoms with E-state index in [0.717, 1.165) is 25.7 Å². The summed E-state index contributed by atoms with van der Waals surface area (Å²) in [5.74, 6) is -0.0923. The zero-order valence-corrected chi connectivity index (χ0v) is 11.5. The molecular formula is C13H26N2O2. The molecule has 0 heterocycles. The lowest BCUT2D eigenvalue weighted by Crippen LogP contribution is -2.57. The number of nitrogens with two attached hydrogens (primary N) is 1. The topological polar surface area (TPSA) is 75.4 Å². The first-order chi connectivity index (χ1) is 7.58. The summed E-state index contributed by atoms with van der Waals surface area (Å²) >= 11 is 0. The van der Waals surface area contributed by atoms with Gasteiger partial charge in [-0.2, -0.15) is 0 Å². The molecule has 1 saturated carbocycles. The maximum Gasteiger partial charge on any atom is 0.227 e. The Balaban J connectivity index is 2.55. The largest absolute Gasteiger partial charge is 0.388 e. The fourth-order valence-corrected chi connectivity index (χ4v) is 1.97. The predicted molar refractivity (Wildman–Crippen MR) is 68.5 cm³/mol. The Morgan fingerprint density at radius 1 is 1.29 bits per heavy atom. The van der Waals surface area contributed by atoms with E-state index in [4.69, 9.17) is 5.73 Å². The maximum absolute atomic E-state index is 12.1. The molecule has 0 spiro atoms.